The molecule has 0 radical (unpaired) electrons. The van der Waals surface area contributed by atoms with E-state index in [0.29, 0.717) is 19.5 Å². The van der Waals surface area contributed by atoms with Crippen LogP contribution in [-0.4, -0.2) is 41.9 Å². The third-order valence-corrected chi connectivity index (χ3v) is 6.07. The van der Waals surface area contributed by atoms with Crippen LogP contribution in [0, 0.1) is 0 Å². The van der Waals surface area contributed by atoms with E-state index in [9.17, 15) is 22.8 Å². The highest BCUT2D eigenvalue weighted by atomic mass is 19.4. The van der Waals surface area contributed by atoms with Crippen LogP contribution in [0.15, 0.2) is 54.6 Å². The van der Waals surface area contributed by atoms with Gasteiger partial charge < -0.3 is 10.6 Å². The van der Waals surface area contributed by atoms with Crippen LogP contribution in [0.1, 0.15) is 36.3 Å². The average molecular weight is 431 g/mol. The Morgan fingerprint density at radius 1 is 1.16 bits per heavy atom. The second kappa shape index (κ2) is 8.34. The highest BCUT2D eigenvalue weighted by molar-refractivity contribution is 5.92. The summed E-state index contributed by atoms with van der Waals surface area (Å²) in [5.74, 6) is -0.327. The molecular weight excluding hydrogens is 407 g/mol. The van der Waals surface area contributed by atoms with E-state index in [4.69, 9.17) is 0 Å². The molecule has 4 rings (SSSR count). The number of nitrogens with one attached hydrogen (secondary N) is 2. The molecule has 2 aliphatic rings. The Labute approximate surface area is 178 Å². The molecule has 2 fully saturated rings. The van der Waals surface area contributed by atoms with Crippen LogP contribution < -0.4 is 10.6 Å². The minimum atomic E-state index is -4.47. The van der Waals surface area contributed by atoms with E-state index in [0.717, 1.165) is 30.5 Å². The van der Waals surface area contributed by atoms with Crippen LogP contribution in [0.5, 0.6) is 0 Å². The number of nitrogens with zero attached hydrogens (tertiary/aromatic N) is 1. The van der Waals surface area contributed by atoms with Gasteiger partial charge in [-0.05, 0) is 36.6 Å². The molecule has 2 aromatic carbocycles. The average Bonchev–Trinajstić information content (AvgIpc) is 3.04. The monoisotopic (exact) mass is 431 g/mol. The summed E-state index contributed by atoms with van der Waals surface area (Å²) in [6.45, 7) is 1.14. The van der Waals surface area contributed by atoms with Crippen LogP contribution in [0.2, 0.25) is 0 Å². The van der Waals surface area contributed by atoms with Gasteiger partial charge in [-0.15, -0.1) is 0 Å². The number of rotatable bonds is 4. The molecule has 5 nitrogen and oxygen atoms in total. The van der Waals surface area contributed by atoms with Crippen molar-refractivity contribution in [3.63, 3.8) is 0 Å². The second-order valence-corrected chi connectivity index (χ2v) is 8.32. The smallest absolute Gasteiger partial charge is 0.349 e. The Hall–Kier alpha value is -2.87. The van der Waals surface area contributed by atoms with Crippen LogP contribution in [-0.2, 0) is 15.8 Å². The molecule has 2 aliphatic heterocycles. The first-order valence-corrected chi connectivity index (χ1v) is 10.3. The SMILES string of the molecule is O=C(CN1C[C@@H](c2ccccc2)[C@@]2(CCCC(=O)N2)C1)Nc1cccc(C(F)(F)F)c1. The number of hydrogen-bond donors (Lipinski definition) is 2. The summed E-state index contributed by atoms with van der Waals surface area (Å²) in [5, 5.41) is 5.75. The lowest BCUT2D eigenvalue weighted by Gasteiger charge is -2.39. The third-order valence-electron chi connectivity index (χ3n) is 6.07. The lowest BCUT2D eigenvalue weighted by molar-refractivity contribution is -0.137. The Morgan fingerprint density at radius 2 is 1.94 bits per heavy atom. The molecule has 2 amide bonds. The fourth-order valence-electron chi connectivity index (χ4n) is 4.76. The van der Waals surface area contributed by atoms with Crippen molar-refractivity contribution in [3.8, 4) is 0 Å². The summed E-state index contributed by atoms with van der Waals surface area (Å²) >= 11 is 0. The maximum absolute atomic E-state index is 12.9. The van der Waals surface area contributed by atoms with Crippen molar-refractivity contribution in [2.45, 2.75) is 36.9 Å². The molecule has 2 saturated heterocycles. The molecule has 0 aromatic heterocycles. The van der Waals surface area contributed by atoms with Gasteiger partial charge in [0, 0.05) is 31.1 Å². The van der Waals surface area contributed by atoms with Gasteiger partial charge in [-0.2, -0.15) is 13.2 Å². The number of alkyl halides is 3. The summed E-state index contributed by atoms with van der Waals surface area (Å²) in [5.41, 5.74) is -0.0306. The molecule has 1 spiro atoms. The molecule has 2 heterocycles. The largest absolute Gasteiger partial charge is 0.416 e. The van der Waals surface area contributed by atoms with Crippen LogP contribution in [0.3, 0.4) is 0 Å². The van der Waals surface area contributed by atoms with Gasteiger partial charge in [0.2, 0.25) is 11.8 Å². The lowest BCUT2D eigenvalue weighted by Crippen LogP contribution is -2.56. The summed E-state index contributed by atoms with van der Waals surface area (Å²) in [4.78, 5) is 26.7. The van der Waals surface area contributed by atoms with Gasteiger partial charge in [0.25, 0.3) is 0 Å². The molecule has 2 aromatic rings. The molecule has 0 saturated carbocycles. The van der Waals surface area contributed by atoms with Gasteiger partial charge >= 0.3 is 6.18 Å². The molecule has 0 unspecified atom stereocenters. The van der Waals surface area contributed by atoms with E-state index in [1.165, 1.54) is 12.1 Å². The van der Waals surface area contributed by atoms with Crippen molar-refractivity contribution in [2.75, 3.05) is 25.0 Å². The second-order valence-electron chi connectivity index (χ2n) is 8.32. The molecule has 164 valence electrons. The molecule has 2 atom stereocenters. The third kappa shape index (κ3) is 4.74. The molecule has 0 bridgehead atoms. The molecule has 0 aliphatic carbocycles. The Balaban J connectivity index is 1.48. The number of anilines is 1. The Kier molecular flexibility index (Phi) is 5.75. The standard InChI is InChI=1S/C23H24F3N3O2/c24-23(25,26)17-8-4-9-18(12-17)27-21(31)14-29-13-19(16-6-2-1-3-7-16)22(15-29)11-5-10-20(30)28-22/h1-4,6-9,12,19H,5,10-11,13-15H2,(H,27,31)(H,28,30)/t19-,22+/m0/s1. The van der Waals surface area contributed by atoms with Crippen molar-refractivity contribution in [1.82, 2.24) is 10.2 Å². The minimum absolute atomic E-state index is 0.0162. The zero-order valence-electron chi connectivity index (χ0n) is 16.9. The number of carbonyl (C=O) groups is 2. The fraction of sp³-hybridized carbons (Fsp3) is 0.391. The zero-order valence-corrected chi connectivity index (χ0v) is 16.9. The summed E-state index contributed by atoms with van der Waals surface area (Å²) in [7, 11) is 0. The van der Waals surface area contributed by atoms with E-state index in [1.807, 2.05) is 35.2 Å². The van der Waals surface area contributed by atoms with E-state index >= 15 is 0 Å². The molecular formula is C23H24F3N3O2. The highest BCUT2D eigenvalue weighted by Crippen LogP contribution is 2.41. The minimum Gasteiger partial charge on any atom is -0.349 e. The van der Waals surface area contributed by atoms with E-state index in [2.05, 4.69) is 10.6 Å². The fourth-order valence-corrected chi connectivity index (χ4v) is 4.76. The predicted molar refractivity (Wildman–Crippen MR) is 110 cm³/mol. The predicted octanol–water partition coefficient (Wildman–Crippen LogP) is 3.78. The van der Waals surface area contributed by atoms with Gasteiger partial charge in [0.1, 0.15) is 0 Å². The Bertz CT molecular complexity index is 964. The first kappa shape index (κ1) is 21.4. The summed E-state index contributed by atoms with van der Waals surface area (Å²) in [6.07, 6.45) is -2.35. The van der Waals surface area contributed by atoms with E-state index in [-0.39, 0.29) is 30.0 Å². The number of carbonyl (C=O) groups excluding carboxylic acids is 2. The van der Waals surface area contributed by atoms with E-state index < -0.39 is 17.3 Å². The number of amides is 2. The molecule has 2 N–H and O–H groups in total. The van der Waals surface area contributed by atoms with Gasteiger partial charge in [0.15, 0.2) is 0 Å². The molecule has 31 heavy (non-hydrogen) atoms. The number of benzene rings is 2. The van der Waals surface area contributed by atoms with Crippen LogP contribution >= 0.6 is 0 Å². The van der Waals surface area contributed by atoms with Crippen molar-refractivity contribution in [2.24, 2.45) is 0 Å². The Morgan fingerprint density at radius 3 is 2.65 bits per heavy atom. The highest BCUT2D eigenvalue weighted by Gasteiger charge is 2.49. The normalized spacial score (nSPS) is 24.2. The lowest BCUT2D eigenvalue weighted by atomic mass is 9.76. The van der Waals surface area contributed by atoms with Crippen LogP contribution in [0.4, 0.5) is 18.9 Å². The quantitative estimate of drug-likeness (QED) is 0.775. The van der Waals surface area contributed by atoms with Crippen molar-refractivity contribution in [3.05, 3.63) is 65.7 Å². The number of halogens is 3. The maximum Gasteiger partial charge on any atom is 0.416 e. The number of piperidine rings is 1. The summed E-state index contributed by atoms with van der Waals surface area (Å²) in [6, 6.07) is 14.5. The van der Waals surface area contributed by atoms with Gasteiger partial charge in [-0.3, -0.25) is 14.5 Å². The zero-order chi connectivity index (χ0) is 22.1. The van der Waals surface area contributed by atoms with E-state index in [1.54, 1.807) is 0 Å². The topological polar surface area (TPSA) is 61.4 Å². The number of likely N-dealkylation sites (tertiary alicyclic amines) is 1. The van der Waals surface area contributed by atoms with Crippen molar-refractivity contribution >= 4 is 17.5 Å². The number of hydrogen-bond acceptors (Lipinski definition) is 3. The van der Waals surface area contributed by atoms with Gasteiger partial charge in [-0.25, -0.2) is 0 Å². The first-order chi connectivity index (χ1) is 14.7. The van der Waals surface area contributed by atoms with Crippen molar-refractivity contribution < 1.29 is 22.8 Å². The van der Waals surface area contributed by atoms with Crippen molar-refractivity contribution in [1.29, 1.82) is 0 Å². The summed E-state index contributed by atoms with van der Waals surface area (Å²) < 4.78 is 38.7. The van der Waals surface area contributed by atoms with Gasteiger partial charge in [-0.1, -0.05) is 36.4 Å². The van der Waals surface area contributed by atoms with Gasteiger partial charge in [0.05, 0.1) is 17.6 Å². The molecule has 8 heteroatoms. The first-order valence-electron chi connectivity index (χ1n) is 10.3. The van der Waals surface area contributed by atoms with Crippen LogP contribution in [0.25, 0.3) is 0 Å². The maximum atomic E-state index is 12.9.